The topological polar surface area (TPSA) is 79.0 Å². The maximum Gasteiger partial charge on any atom is 0.181 e. The molecule has 0 spiro atoms. The molecule has 76 valence electrons. The summed E-state index contributed by atoms with van der Waals surface area (Å²) >= 11 is 0. The number of carboxylic acid groups (broad SMARTS) is 1. The minimum absolute atomic E-state index is 0.116. The molecule has 0 fully saturated rings. The molecular formula is C10H7N2O3-. The maximum atomic E-state index is 10.6. The molecule has 5 nitrogen and oxygen atoms in total. The van der Waals surface area contributed by atoms with E-state index in [0.717, 1.165) is 0 Å². The highest BCUT2D eigenvalue weighted by atomic mass is 16.4. The van der Waals surface area contributed by atoms with Gasteiger partial charge in [0.1, 0.15) is 11.5 Å². The van der Waals surface area contributed by atoms with Crippen LogP contribution in [0.15, 0.2) is 29.0 Å². The predicted molar refractivity (Wildman–Crippen MR) is 48.8 cm³/mol. The van der Waals surface area contributed by atoms with E-state index in [1.54, 1.807) is 19.1 Å². The Kier molecular flexibility index (Phi) is 2.21. The van der Waals surface area contributed by atoms with Crippen molar-refractivity contribution in [3.05, 3.63) is 36.0 Å². The zero-order valence-electron chi connectivity index (χ0n) is 7.93. The number of carbonyl (C=O) groups is 1. The fourth-order valence-corrected chi connectivity index (χ4v) is 1.23. The summed E-state index contributed by atoms with van der Waals surface area (Å²) in [4.78, 5) is 18.4. The van der Waals surface area contributed by atoms with Crippen molar-refractivity contribution in [2.24, 2.45) is 0 Å². The molecule has 0 aliphatic carbocycles. The third kappa shape index (κ3) is 1.71. The molecule has 5 heteroatoms. The Morgan fingerprint density at radius 3 is 2.87 bits per heavy atom. The summed E-state index contributed by atoms with van der Waals surface area (Å²) in [5.74, 6) is -0.712. The maximum absolute atomic E-state index is 10.6. The first kappa shape index (κ1) is 9.39. The number of hydrogen-bond acceptors (Lipinski definition) is 5. The summed E-state index contributed by atoms with van der Waals surface area (Å²) in [7, 11) is 0. The second-order valence-corrected chi connectivity index (χ2v) is 2.95. The van der Waals surface area contributed by atoms with Gasteiger partial charge in [0.25, 0.3) is 0 Å². The Labute approximate surface area is 85.4 Å². The van der Waals surface area contributed by atoms with Crippen LogP contribution in [0.4, 0.5) is 0 Å². The number of aromatic carboxylic acids is 1. The monoisotopic (exact) mass is 203 g/mol. The van der Waals surface area contributed by atoms with E-state index < -0.39 is 5.97 Å². The molecule has 0 amide bonds. The van der Waals surface area contributed by atoms with Gasteiger partial charge in [-0.05, 0) is 19.1 Å². The van der Waals surface area contributed by atoms with Crippen molar-refractivity contribution in [3.8, 4) is 11.4 Å². The van der Waals surface area contributed by atoms with E-state index in [1.165, 1.54) is 12.5 Å². The molecule has 15 heavy (non-hydrogen) atoms. The van der Waals surface area contributed by atoms with Crippen molar-refractivity contribution in [2.75, 3.05) is 0 Å². The lowest BCUT2D eigenvalue weighted by molar-refractivity contribution is -0.255. The lowest BCUT2D eigenvalue weighted by atomic mass is 10.2. The first-order chi connectivity index (χ1) is 7.18. The van der Waals surface area contributed by atoms with Gasteiger partial charge in [-0.25, -0.2) is 9.97 Å². The summed E-state index contributed by atoms with van der Waals surface area (Å²) in [5, 5.41) is 10.6. The van der Waals surface area contributed by atoms with E-state index in [-0.39, 0.29) is 5.69 Å². The van der Waals surface area contributed by atoms with Crippen LogP contribution in [0.5, 0.6) is 0 Å². The first-order valence-corrected chi connectivity index (χ1v) is 4.27. The number of carbonyl (C=O) groups excluding carboxylic acids is 1. The number of aromatic nitrogens is 2. The van der Waals surface area contributed by atoms with Crippen molar-refractivity contribution in [1.82, 2.24) is 9.97 Å². The first-order valence-electron chi connectivity index (χ1n) is 4.27. The average Bonchev–Trinajstić information content (AvgIpc) is 2.64. The minimum Gasteiger partial charge on any atom is -0.543 e. The van der Waals surface area contributed by atoms with Gasteiger partial charge in [-0.2, -0.15) is 0 Å². The van der Waals surface area contributed by atoms with Gasteiger partial charge in [-0.1, -0.05) is 6.07 Å². The second kappa shape index (κ2) is 3.53. The van der Waals surface area contributed by atoms with Crippen molar-refractivity contribution in [1.29, 1.82) is 0 Å². The van der Waals surface area contributed by atoms with Crippen LogP contribution in [0.1, 0.15) is 16.2 Å². The molecule has 2 aromatic heterocycles. The zero-order chi connectivity index (χ0) is 10.8. The molecular weight excluding hydrogens is 196 g/mol. The van der Waals surface area contributed by atoms with Crippen molar-refractivity contribution in [2.45, 2.75) is 6.92 Å². The normalized spacial score (nSPS) is 10.2. The van der Waals surface area contributed by atoms with Crippen LogP contribution in [0, 0.1) is 6.92 Å². The van der Waals surface area contributed by atoms with Crippen molar-refractivity contribution >= 4 is 5.97 Å². The fourth-order valence-electron chi connectivity index (χ4n) is 1.23. The van der Waals surface area contributed by atoms with E-state index in [0.29, 0.717) is 17.1 Å². The second-order valence-electron chi connectivity index (χ2n) is 2.95. The predicted octanol–water partition coefficient (Wildman–Crippen LogP) is 0.409. The SMILES string of the molecule is Cc1ocnc1-c1cccc(C(=O)[O-])n1. The van der Waals surface area contributed by atoms with Gasteiger partial charge in [-0.3, -0.25) is 0 Å². The Morgan fingerprint density at radius 1 is 1.47 bits per heavy atom. The third-order valence-corrected chi connectivity index (χ3v) is 1.95. The Morgan fingerprint density at radius 2 is 2.27 bits per heavy atom. The molecule has 0 aliphatic rings. The van der Waals surface area contributed by atoms with Gasteiger partial charge < -0.3 is 14.3 Å². The van der Waals surface area contributed by atoms with Gasteiger partial charge in [0.2, 0.25) is 0 Å². The van der Waals surface area contributed by atoms with Crippen molar-refractivity contribution in [3.63, 3.8) is 0 Å². The van der Waals surface area contributed by atoms with Crippen LogP contribution in [0.2, 0.25) is 0 Å². The quantitative estimate of drug-likeness (QED) is 0.706. The smallest absolute Gasteiger partial charge is 0.181 e. The summed E-state index contributed by atoms with van der Waals surface area (Å²) in [5.41, 5.74) is 0.885. The molecule has 2 rings (SSSR count). The fraction of sp³-hybridized carbons (Fsp3) is 0.100. The molecule has 0 N–H and O–H groups in total. The number of oxazole rings is 1. The molecule has 0 unspecified atom stereocenters. The van der Waals surface area contributed by atoms with Gasteiger partial charge in [0.05, 0.1) is 17.4 Å². The molecule has 0 bridgehead atoms. The summed E-state index contributed by atoms with van der Waals surface area (Å²) in [6.07, 6.45) is 1.29. The molecule has 2 heterocycles. The van der Waals surface area contributed by atoms with Crippen LogP contribution in [-0.4, -0.2) is 15.9 Å². The Bertz CT molecular complexity index is 505. The highest BCUT2D eigenvalue weighted by Gasteiger charge is 2.08. The van der Waals surface area contributed by atoms with E-state index in [9.17, 15) is 9.90 Å². The standard InChI is InChI=1S/C10H8N2O3/c1-6-9(11-5-15-6)7-3-2-4-8(12-7)10(13)14/h2-5H,1H3,(H,13,14)/p-1. The lowest BCUT2D eigenvalue weighted by Gasteiger charge is -2.02. The van der Waals surface area contributed by atoms with Gasteiger partial charge >= 0.3 is 0 Å². The minimum atomic E-state index is -1.31. The largest absolute Gasteiger partial charge is 0.543 e. The lowest BCUT2D eigenvalue weighted by Crippen LogP contribution is -2.23. The Hall–Kier alpha value is -2.17. The van der Waals surface area contributed by atoms with Gasteiger partial charge in [0.15, 0.2) is 6.39 Å². The molecule has 0 saturated heterocycles. The van der Waals surface area contributed by atoms with Gasteiger partial charge in [0, 0.05) is 0 Å². The van der Waals surface area contributed by atoms with Crippen LogP contribution >= 0.6 is 0 Å². The summed E-state index contributed by atoms with van der Waals surface area (Å²) in [6.45, 7) is 1.73. The van der Waals surface area contributed by atoms with Crippen LogP contribution in [0.25, 0.3) is 11.4 Å². The number of carboxylic acids is 1. The summed E-state index contributed by atoms with van der Waals surface area (Å²) < 4.78 is 5.01. The zero-order valence-corrected chi connectivity index (χ0v) is 7.93. The third-order valence-electron chi connectivity index (χ3n) is 1.95. The molecule has 0 aromatic carbocycles. The number of nitrogens with zero attached hydrogens (tertiary/aromatic N) is 2. The van der Waals surface area contributed by atoms with E-state index >= 15 is 0 Å². The average molecular weight is 203 g/mol. The Balaban J connectivity index is 2.50. The number of aryl methyl sites for hydroxylation is 1. The highest BCUT2D eigenvalue weighted by Crippen LogP contribution is 2.18. The highest BCUT2D eigenvalue weighted by molar-refractivity contribution is 5.84. The molecule has 0 radical (unpaired) electrons. The van der Waals surface area contributed by atoms with Crippen LogP contribution in [0.3, 0.4) is 0 Å². The van der Waals surface area contributed by atoms with E-state index in [1.807, 2.05) is 0 Å². The van der Waals surface area contributed by atoms with Crippen molar-refractivity contribution < 1.29 is 14.3 Å². The number of rotatable bonds is 2. The molecule has 0 saturated carbocycles. The number of hydrogen-bond donors (Lipinski definition) is 0. The molecule has 0 atom stereocenters. The van der Waals surface area contributed by atoms with Gasteiger partial charge in [-0.15, -0.1) is 0 Å². The van der Waals surface area contributed by atoms with Crippen LogP contribution in [-0.2, 0) is 0 Å². The van der Waals surface area contributed by atoms with E-state index in [2.05, 4.69) is 9.97 Å². The number of pyridine rings is 1. The molecule has 2 aromatic rings. The summed E-state index contributed by atoms with van der Waals surface area (Å²) in [6, 6.07) is 4.62. The van der Waals surface area contributed by atoms with E-state index in [4.69, 9.17) is 4.42 Å². The molecule has 0 aliphatic heterocycles. The van der Waals surface area contributed by atoms with Crippen LogP contribution < -0.4 is 5.11 Å².